The van der Waals surface area contributed by atoms with Crippen molar-refractivity contribution in [2.75, 3.05) is 11.1 Å². The smallest absolute Gasteiger partial charge is 0.270 e. The Bertz CT molecular complexity index is 1270. The molecule has 0 saturated carbocycles. The standard InChI is InChI=1S/C20H18ClN3O4S2/c1-12-4-3-5-14(8-12)23-18(25)11-29-20-22-10-17(19(26)24-20)30(27,28)15-7-6-13(2)16(21)9-15/h3-10H,11H2,1-2H3,(H,23,25)(H,22,24,26). The summed E-state index contributed by atoms with van der Waals surface area (Å²) in [7, 11) is -4.08. The maximum absolute atomic E-state index is 12.7. The fourth-order valence-electron chi connectivity index (χ4n) is 2.55. The lowest BCUT2D eigenvalue weighted by atomic mass is 10.2. The molecular weight excluding hydrogens is 446 g/mol. The summed E-state index contributed by atoms with van der Waals surface area (Å²) in [5.74, 6) is -0.282. The van der Waals surface area contributed by atoms with Gasteiger partial charge in [0, 0.05) is 10.7 Å². The lowest BCUT2D eigenvalue weighted by Gasteiger charge is -2.07. The Hall–Kier alpha value is -2.62. The summed E-state index contributed by atoms with van der Waals surface area (Å²) < 4.78 is 25.5. The summed E-state index contributed by atoms with van der Waals surface area (Å²) in [4.78, 5) is 30.3. The lowest BCUT2D eigenvalue weighted by Crippen LogP contribution is -2.20. The van der Waals surface area contributed by atoms with Crippen LogP contribution in [-0.2, 0) is 14.6 Å². The van der Waals surface area contributed by atoms with E-state index in [4.69, 9.17) is 11.6 Å². The molecule has 0 fully saturated rings. The van der Waals surface area contributed by atoms with Gasteiger partial charge in [-0.3, -0.25) is 9.59 Å². The van der Waals surface area contributed by atoms with E-state index in [0.29, 0.717) is 5.69 Å². The summed E-state index contributed by atoms with van der Waals surface area (Å²) >= 11 is 6.99. The van der Waals surface area contributed by atoms with E-state index < -0.39 is 20.3 Å². The molecular formula is C20H18ClN3O4S2. The van der Waals surface area contributed by atoms with Crippen LogP contribution in [0.3, 0.4) is 0 Å². The minimum Gasteiger partial charge on any atom is -0.325 e. The molecule has 7 nitrogen and oxygen atoms in total. The molecule has 1 heterocycles. The Balaban J connectivity index is 1.72. The van der Waals surface area contributed by atoms with E-state index in [1.165, 1.54) is 12.1 Å². The van der Waals surface area contributed by atoms with Crippen LogP contribution in [0, 0.1) is 13.8 Å². The van der Waals surface area contributed by atoms with E-state index in [-0.39, 0.29) is 26.7 Å². The number of amides is 1. The maximum Gasteiger partial charge on any atom is 0.270 e. The largest absolute Gasteiger partial charge is 0.325 e. The molecule has 1 amide bonds. The summed E-state index contributed by atoms with van der Waals surface area (Å²) in [6.07, 6.45) is 0.989. The number of sulfone groups is 1. The second-order valence-electron chi connectivity index (χ2n) is 6.50. The van der Waals surface area contributed by atoms with Gasteiger partial charge in [-0.1, -0.05) is 41.6 Å². The molecule has 0 spiro atoms. The minimum absolute atomic E-state index is 0.00342. The van der Waals surface area contributed by atoms with E-state index in [2.05, 4.69) is 15.3 Å². The number of thioether (sulfide) groups is 1. The first-order valence-electron chi connectivity index (χ1n) is 8.77. The molecule has 0 bridgehead atoms. The van der Waals surface area contributed by atoms with Crippen molar-refractivity contribution in [2.45, 2.75) is 28.8 Å². The molecule has 0 aliphatic rings. The monoisotopic (exact) mass is 463 g/mol. The van der Waals surface area contributed by atoms with Gasteiger partial charge in [0.15, 0.2) is 10.1 Å². The van der Waals surface area contributed by atoms with Gasteiger partial charge in [0.1, 0.15) is 0 Å². The number of carbonyl (C=O) groups excluding carboxylic acids is 1. The third kappa shape index (κ3) is 5.10. The number of benzene rings is 2. The Labute approximate surface area is 182 Å². The SMILES string of the molecule is Cc1cccc(NC(=O)CSc2ncc(S(=O)(=O)c3ccc(C)c(Cl)c3)c(=O)[nH]2)c1. The molecule has 0 radical (unpaired) electrons. The topological polar surface area (TPSA) is 109 Å². The first-order valence-corrected chi connectivity index (χ1v) is 11.6. The molecule has 2 N–H and O–H groups in total. The molecule has 0 saturated heterocycles. The van der Waals surface area contributed by atoms with Crippen LogP contribution >= 0.6 is 23.4 Å². The van der Waals surface area contributed by atoms with Crippen LogP contribution in [0.5, 0.6) is 0 Å². The Morgan fingerprint density at radius 2 is 1.97 bits per heavy atom. The zero-order valence-corrected chi connectivity index (χ0v) is 18.5. The second-order valence-corrected chi connectivity index (χ2v) is 9.79. The van der Waals surface area contributed by atoms with Crippen molar-refractivity contribution >= 4 is 44.8 Å². The van der Waals surface area contributed by atoms with Crippen LogP contribution in [-0.4, -0.2) is 30.0 Å². The first-order chi connectivity index (χ1) is 14.2. The Kier molecular flexibility index (Phi) is 6.64. The number of hydrogen-bond donors (Lipinski definition) is 2. The number of nitrogens with zero attached hydrogens (tertiary/aromatic N) is 1. The zero-order chi connectivity index (χ0) is 21.9. The number of aryl methyl sites for hydroxylation is 2. The molecule has 2 aromatic carbocycles. The van der Waals surface area contributed by atoms with Crippen LogP contribution in [0.2, 0.25) is 5.02 Å². The van der Waals surface area contributed by atoms with Gasteiger partial charge in [0.25, 0.3) is 5.56 Å². The fraction of sp³-hybridized carbons (Fsp3) is 0.150. The summed E-state index contributed by atoms with van der Waals surface area (Å²) in [6.45, 7) is 3.66. The summed E-state index contributed by atoms with van der Waals surface area (Å²) in [6, 6.07) is 11.6. The highest BCUT2D eigenvalue weighted by molar-refractivity contribution is 7.99. The van der Waals surface area contributed by atoms with Crippen molar-refractivity contribution in [3.05, 3.63) is 75.2 Å². The normalized spacial score (nSPS) is 11.3. The number of hydrogen-bond acceptors (Lipinski definition) is 6. The molecule has 0 unspecified atom stereocenters. The van der Waals surface area contributed by atoms with E-state index >= 15 is 0 Å². The van der Waals surface area contributed by atoms with Gasteiger partial charge in [-0.25, -0.2) is 13.4 Å². The van der Waals surface area contributed by atoms with Gasteiger partial charge in [0.2, 0.25) is 15.7 Å². The third-order valence-electron chi connectivity index (χ3n) is 4.13. The van der Waals surface area contributed by atoms with Crippen LogP contribution in [0.15, 0.2) is 68.4 Å². The van der Waals surface area contributed by atoms with Gasteiger partial charge >= 0.3 is 0 Å². The van der Waals surface area contributed by atoms with Crippen LogP contribution in [0.4, 0.5) is 5.69 Å². The van der Waals surface area contributed by atoms with Crippen molar-refractivity contribution in [2.24, 2.45) is 0 Å². The van der Waals surface area contributed by atoms with Crippen LogP contribution < -0.4 is 10.9 Å². The van der Waals surface area contributed by atoms with Gasteiger partial charge in [-0.2, -0.15) is 0 Å². The zero-order valence-electron chi connectivity index (χ0n) is 16.1. The predicted octanol–water partition coefficient (Wildman–Crippen LogP) is 3.60. The lowest BCUT2D eigenvalue weighted by molar-refractivity contribution is -0.113. The third-order valence-corrected chi connectivity index (χ3v) is 7.17. The molecule has 156 valence electrons. The van der Waals surface area contributed by atoms with Crippen molar-refractivity contribution in [3.63, 3.8) is 0 Å². The van der Waals surface area contributed by atoms with E-state index in [0.717, 1.165) is 29.1 Å². The number of H-pyrrole nitrogens is 1. The highest BCUT2D eigenvalue weighted by atomic mass is 35.5. The average molecular weight is 464 g/mol. The van der Waals surface area contributed by atoms with Crippen molar-refractivity contribution < 1.29 is 13.2 Å². The number of aromatic amines is 1. The molecule has 0 atom stereocenters. The number of nitrogens with one attached hydrogen (secondary N) is 2. The van der Waals surface area contributed by atoms with Crippen LogP contribution in [0.25, 0.3) is 0 Å². The van der Waals surface area contributed by atoms with Crippen molar-refractivity contribution in [1.29, 1.82) is 0 Å². The molecule has 10 heteroatoms. The summed E-state index contributed by atoms with van der Waals surface area (Å²) in [5.41, 5.74) is 1.58. The average Bonchev–Trinajstić information content (AvgIpc) is 2.68. The van der Waals surface area contributed by atoms with Crippen LogP contribution in [0.1, 0.15) is 11.1 Å². The highest BCUT2D eigenvalue weighted by Crippen LogP contribution is 2.24. The van der Waals surface area contributed by atoms with Gasteiger partial charge in [-0.15, -0.1) is 0 Å². The highest BCUT2D eigenvalue weighted by Gasteiger charge is 2.23. The molecule has 30 heavy (non-hydrogen) atoms. The van der Waals surface area contributed by atoms with Gasteiger partial charge in [-0.05, 0) is 49.2 Å². The first kappa shape index (κ1) is 22.1. The molecule has 3 aromatic rings. The van der Waals surface area contributed by atoms with E-state index in [9.17, 15) is 18.0 Å². The summed E-state index contributed by atoms with van der Waals surface area (Å²) in [5, 5.41) is 3.17. The quantitative estimate of drug-likeness (QED) is 0.427. The molecule has 0 aliphatic heterocycles. The van der Waals surface area contributed by atoms with Gasteiger partial charge in [0.05, 0.1) is 16.8 Å². The Morgan fingerprint density at radius 3 is 2.63 bits per heavy atom. The number of carbonyl (C=O) groups is 1. The maximum atomic E-state index is 12.7. The van der Waals surface area contributed by atoms with E-state index in [1.54, 1.807) is 19.1 Å². The Morgan fingerprint density at radius 1 is 1.20 bits per heavy atom. The predicted molar refractivity (Wildman–Crippen MR) is 117 cm³/mol. The number of rotatable bonds is 6. The number of aromatic nitrogens is 2. The molecule has 0 aliphatic carbocycles. The number of anilines is 1. The van der Waals surface area contributed by atoms with Crippen molar-refractivity contribution in [3.8, 4) is 0 Å². The molecule has 1 aromatic heterocycles. The minimum atomic E-state index is -4.08. The fourth-order valence-corrected chi connectivity index (χ4v) is 4.69. The van der Waals surface area contributed by atoms with E-state index in [1.807, 2.05) is 25.1 Å². The van der Waals surface area contributed by atoms with Crippen molar-refractivity contribution in [1.82, 2.24) is 9.97 Å². The molecule has 3 rings (SSSR count). The van der Waals surface area contributed by atoms with Gasteiger partial charge < -0.3 is 10.3 Å². The second kappa shape index (κ2) is 9.03. The number of halogens is 1.